The molecule has 0 radical (unpaired) electrons. The van der Waals surface area contributed by atoms with Gasteiger partial charge in [-0.25, -0.2) is 0 Å². The third kappa shape index (κ3) is 5.15. The first kappa shape index (κ1) is 20.8. The topological polar surface area (TPSA) is 62.5 Å². The molecule has 7 heteroatoms. The lowest BCUT2D eigenvalue weighted by atomic mass is 10.0. The molecule has 0 atom stereocenters. The van der Waals surface area contributed by atoms with E-state index in [1.165, 1.54) is 11.1 Å². The molecule has 1 aromatic carbocycles. The van der Waals surface area contributed by atoms with Crippen LogP contribution in [0.2, 0.25) is 0 Å². The molecule has 0 bridgehead atoms. The largest absolute Gasteiger partial charge is 0.340 e. The van der Waals surface area contributed by atoms with Crippen LogP contribution < -0.4 is 0 Å². The van der Waals surface area contributed by atoms with E-state index in [4.69, 9.17) is 4.52 Å². The third-order valence-electron chi connectivity index (χ3n) is 5.58. The van der Waals surface area contributed by atoms with Crippen LogP contribution >= 0.6 is 11.3 Å². The fraction of sp³-hybridized carbons (Fsp3) is 0.435. The Balaban J connectivity index is 1.21. The van der Waals surface area contributed by atoms with Crippen LogP contribution in [0.3, 0.4) is 0 Å². The molecule has 1 fully saturated rings. The second kappa shape index (κ2) is 9.53. The van der Waals surface area contributed by atoms with Gasteiger partial charge in [-0.1, -0.05) is 43.3 Å². The number of hydrogen-bond acceptors (Lipinski definition) is 6. The molecule has 0 unspecified atom stereocenters. The summed E-state index contributed by atoms with van der Waals surface area (Å²) in [6, 6.07) is 10.9. The standard InChI is InChI=1S/C23H28N4O2S/c1-17(2)19-5-3-18(4-6-19)15-26-10-12-27(13-11-26)22(28)8-7-21-24-23(25-29-21)20-9-14-30-16-20/h3-6,9,14,16-17H,7-8,10-13,15H2,1-2H3. The summed E-state index contributed by atoms with van der Waals surface area (Å²) in [5.74, 6) is 1.83. The first-order valence-corrected chi connectivity index (χ1v) is 11.5. The number of amides is 1. The number of thiophene rings is 1. The number of carbonyl (C=O) groups is 1. The number of carbonyl (C=O) groups excluding carboxylic acids is 1. The van der Waals surface area contributed by atoms with Gasteiger partial charge >= 0.3 is 0 Å². The lowest BCUT2D eigenvalue weighted by Gasteiger charge is -2.34. The summed E-state index contributed by atoms with van der Waals surface area (Å²) in [7, 11) is 0. The van der Waals surface area contributed by atoms with Crippen molar-refractivity contribution in [3.05, 3.63) is 58.1 Å². The molecule has 4 rings (SSSR count). The number of nitrogens with zero attached hydrogens (tertiary/aromatic N) is 4. The zero-order chi connectivity index (χ0) is 20.9. The van der Waals surface area contributed by atoms with E-state index in [0.717, 1.165) is 38.3 Å². The molecule has 30 heavy (non-hydrogen) atoms. The number of benzene rings is 1. The van der Waals surface area contributed by atoms with Crippen molar-refractivity contribution in [2.75, 3.05) is 26.2 Å². The van der Waals surface area contributed by atoms with Gasteiger partial charge in [0.05, 0.1) is 0 Å². The minimum atomic E-state index is 0.159. The van der Waals surface area contributed by atoms with E-state index >= 15 is 0 Å². The van der Waals surface area contributed by atoms with E-state index < -0.39 is 0 Å². The van der Waals surface area contributed by atoms with E-state index in [-0.39, 0.29) is 5.91 Å². The minimum Gasteiger partial charge on any atom is -0.340 e. The molecule has 1 aliphatic heterocycles. The number of piperazine rings is 1. The van der Waals surface area contributed by atoms with Gasteiger partial charge in [0, 0.05) is 56.5 Å². The highest BCUT2D eigenvalue weighted by Crippen LogP contribution is 2.19. The molecule has 0 N–H and O–H groups in total. The molecule has 2 aromatic heterocycles. The summed E-state index contributed by atoms with van der Waals surface area (Å²) in [5, 5.41) is 7.97. The second-order valence-electron chi connectivity index (χ2n) is 8.08. The van der Waals surface area contributed by atoms with Gasteiger partial charge in [0.2, 0.25) is 17.6 Å². The first-order valence-electron chi connectivity index (χ1n) is 10.5. The highest BCUT2D eigenvalue weighted by molar-refractivity contribution is 7.08. The molecule has 3 aromatic rings. The maximum absolute atomic E-state index is 12.6. The first-order chi connectivity index (χ1) is 14.6. The van der Waals surface area contributed by atoms with E-state index in [1.807, 2.05) is 21.7 Å². The van der Waals surface area contributed by atoms with Gasteiger partial charge in [-0.2, -0.15) is 16.3 Å². The maximum atomic E-state index is 12.6. The van der Waals surface area contributed by atoms with E-state index in [1.54, 1.807) is 11.3 Å². The van der Waals surface area contributed by atoms with Crippen LogP contribution in [0.4, 0.5) is 0 Å². The molecular weight excluding hydrogens is 396 g/mol. The van der Waals surface area contributed by atoms with Crippen LogP contribution in [-0.2, 0) is 17.8 Å². The average molecular weight is 425 g/mol. The molecule has 6 nitrogen and oxygen atoms in total. The number of rotatable bonds is 7. The normalized spacial score (nSPS) is 15.1. The van der Waals surface area contributed by atoms with Crippen molar-refractivity contribution in [2.24, 2.45) is 0 Å². The Morgan fingerprint density at radius 2 is 1.90 bits per heavy atom. The van der Waals surface area contributed by atoms with Crippen LogP contribution in [0.25, 0.3) is 11.4 Å². The number of aromatic nitrogens is 2. The van der Waals surface area contributed by atoms with E-state index in [2.05, 4.69) is 53.2 Å². The van der Waals surface area contributed by atoms with Crippen molar-refractivity contribution in [1.82, 2.24) is 19.9 Å². The molecule has 1 amide bonds. The highest BCUT2D eigenvalue weighted by atomic mass is 32.1. The van der Waals surface area contributed by atoms with Crippen molar-refractivity contribution >= 4 is 17.2 Å². The zero-order valence-electron chi connectivity index (χ0n) is 17.6. The summed E-state index contributed by atoms with van der Waals surface area (Å²) in [4.78, 5) is 21.4. The van der Waals surface area contributed by atoms with Crippen LogP contribution in [0.15, 0.2) is 45.6 Å². The fourth-order valence-electron chi connectivity index (χ4n) is 3.66. The Morgan fingerprint density at radius 3 is 2.57 bits per heavy atom. The van der Waals surface area contributed by atoms with Crippen molar-refractivity contribution < 1.29 is 9.32 Å². The Bertz CT molecular complexity index is 942. The van der Waals surface area contributed by atoms with E-state index in [9.17, 15) is 4.79 Å². The number of hydrogen-bond donors (Lipinski definition) is 0. The average Bonchev–Trinajstić information content (AvgIpc) is 3.45. The van der Waals surface area contributed by atoms with Gasteiger partial charge in [0.1, 0.15) is 0 Å². The molecule has 3 heterocycles. The summed E-state index contributed by atoms with van der Waals surface area (Å²) in [6.45, 7) is 8.72. The molecular formula is C23H28N4O2S. The minimum absolute atomic E-state index is 0.159. The van der Waals surface area contributed by atoms with Gasteiger partial charge in [-0.05, 0) is 28.5 Å². The molecule has 0 saturated carbocycles. The Hall–Kier alpha value is -2.51. The molecule has 0 spiro atoms. The van der Waals surface area contributed by atoms with Gasteiger partial charge in [0.25, 0.3) is 0 Å². The maximum Gasteiger partial charge on any atom is 0.227 e. The third-order valence-corrected chi connectivity index (χ3v) is 6.26. The van der Waals surface area contributed by atoms with Gasteiger partial charge in [-0.15, -0.1) is 0 Å². The Morgan fingerprint density at radius 1 is 1.13 bits per heavy atom. The number of aryl methyl sites for hydroxylation is 1. The lowest BCUT2D eigenvalue weighted by Crippen LogP contribution is -2.48. The lowest BCUT2D eigenvalue weighted by molar-refractivity contribution is -0.133. The van der Waals surface area contributed by atoms with Gasteiger partial charge in [0.15, 0.2) is 0 Å². The van der Waals surface area contributed by atoms with Gasteiger partial charge < -0.3 is 9.42 Å². The summed E-state index contributed by atoms with van der Waals surface area (Å²) in [6.07, 6.45) is 0.889. The molecule has 1 aliphatic rings. The van der Waals surface area contributed by atoms with Crippen LogP contribution in [0.1, 0.15) is 43.2 Å². The van der Waals surface area contributed by atoms with Gasteiger partial charge in [-0.3, -0.25) is 9.69 Å². The Labute approximate surface area is 181 Å². The van der Waals surface area contributed by atoms with Crippen molar-refractivity contribution in [3.8, 4) is 11.4 Å². The molecule has 0 aliphatic carbocycles. The molecule has 1 saturated heterocycles. The van der Waals surface area contributed by atoms with E-state index in [0.29, 0.717) is 30.5 Å². The monoisotopic (exact) mass is 424 g/mol. The quantitative estimate of drug-likeness (QED) is 0.569. The SMILES string of the molecule is CC(C)c1ccc(CN2CCN(C(=O)CCc3nc(-c4ccsc4)no3)CC2)cc1. The predicted molar refractivity (Wildman–Crippen MR) is 118 cm³/mol. The van der Waals surface area contributed by atoms with Crippen molar-refractivity contribution in [3.63, 3.8) is 0 Å². The smallest absolute Gasteiger partial charge is 0.227 e. The van der Waals surface area contributed by atoms with Crippen LogP contribution in [0, 0.1) is 0 Å². The summed E-state index contributed by atoms with van der Waals surface area (Å²) < 4.78 is 5.30. The predicted octanol–water partition coefficient (Wildman–Crippen LogP) is 4.20. The van der Waals surface area contributed by atoms with Crippen LogP contribution in [-0.4, -0.2) is 52.0 Å². The van der Waals surface area contributed by atoms with Crippen molar-refractivity contribution in [2.45, 2.75) is 39.2 Å². The van der Waals surface area contributed by atoms with Crippen molar-refractivity contribution in [1.29, 1.82) is 0 Å². The Kier molecular flexibility index (Phi) is 6.59. The summed E-state index contributed by atoms with van der Waals surface area (Å²) in [5.41, 5.74) is 3.66. The summed E-state index contributed by atoms with van der Waals surface area (Å²) >= 11 is 1.60. The highest BCUT2D eigenvalue weighted by Gasteiger charge is 2.21. The zero-order valence-corrected chi connectivity index (χ0v) is 18.4. The fourth-order valence-corrected chi connectivity index (χ4v) is 4.29. The molecule has 158 valence electrons. The van der Waals surface area contributed by atoms with Crippen LogP contribution in [0.5, 0.6) is 0 Å². The second-order valence-corrected chi connectivity index (χ2v) is 8.86.